The van der Waals surface area contributed by atoms with Crippen molar-refractivity contribution in [1.82, 2.24) is 14.9 Å². The Labute approximate surface area is 178 Å². The van der Waals surface area contributed by atoms with Crippen molar-refractivity contribution in [2.24, 2.45) is 0 Å². The molecule has 30 heavy (non-hydrogen) atoms. The molecule has 0 unspecified atom stereocenters. The number of aromatic nitrogens is 2. The Balaban J connectivity index is 1.39. The lowest BCUT2D eigenvalue weighted by Gasteiger charge is -2.36. The number of benzene rings is 1. The van der Waals surface area contributed by atoms with Crippen LogP contribution in [0.15, 0.2) is 30.3 Å². The lowest BCUT2D eigenvalue weighted by Crippen LogP contribution is -2.49. The van der Waals surface area contributed by atoms with Crippen molar-refractivity contribution in [2.45, 2.75) is 33.1 Å². The van der Waals surface area contributed by atoms with Crippen LogP contribution < -0.4 is 14.5 Å². The van der Waals surface area contributed by atoms with Crippen LogP contribution >= 0.6 is 0 Å². The molecule has 3 heterocycles. The van der Waals surface area contributed by atoms with Gasteiger partial charge in [0, 0.05) is 56.6 Å². The number of piperidine rings is 1. The van der Waals surface area contributed by atoms with Gasteiger partial charge in [-0.2, -0.15) is 4.98 Å². The number of piperazine rings is 1. The molecule has 2 saturated heterocycles. The van der Waals surface area contributed by atoms with Crippen LogP contribution in [0.5, 0.6) is 5.75 Å². The second kappa shape index (κ2) is 9.32. The number of anilines is 2. The third kappa shape index (κ3) is 4.66. The number of nitrogens with zero attached hydrogens (tertiary/aromatic N) is 5. The van der Waals surface area contributed by atoms with Gasteiger partial charge in [-0.15, -0.1) is 0 Å². The molecule has 1 aromatic heterocycles. The fourth-order valence-corrected chi connectivity index (χ4v) is 4.12. The van der Waals surface area contributed by atoms with E-state index in [1.54, 1.807) is 0 Å². The molecule has 1 amide bonds. The van der Waals surface area contributed by atoms with Gasteiger partial charge in [0.1, 0.15) is 11.6 Å². The Hall–Kier alpha value is -2.83. The van der Waals surface area contributed by atoms with Crippen LogP contribution in [0.25, 0.3) is 0 Å². The van der Waals surface area contributed by atoms with Gasteiger partial charge in [0.15, 0.2) is 0 Å². The summed E-state index contributed by atoms with van der Waals surface area (Å²) in [5.74, 6) is 2.68. The van der Waals surface area contributed by atoms with E-state index in [2.05, 4.69) is 20.9 Å². The lowest BCUT2D eigenvalue weighted by molar-refractivity contribution is 0.0746. The average molecular weight is 410 g/mol. The van der Waals surface area contributed by atoms with E-state index in [0.29, 0.717) is 25.3 Å². The Kier molecular flexibility index (Phi) is 6.35. The fourth-order valence-electron chi connectivity index (χ4n) is 4.12. The number of ether oxygens (including phenoxy) is 1. The van der Waals surface area contributed by atoms with E-state index in [0.717, 1.165) is 49.4 Å². The first-order chi connectivity index (χ1) is 14.6. The zero-order valence-corrected chi connectivity index (χ0v) is 18.0. The molecule has 0 spiro atoms. The number of aryl methyl sites for hydroxylation is 1. The number of carbonyl (C=O) groups is 1. The Morgan fingerprint density at radius 2 is 1.63 bits per heavy atom. The van der Waals surface area contributed by atoms with Gasteiger partial charge in [0.05, 0.1) is 6.61 Å². The third-order valence-electron chi connectivity index (χ3n) is 5.77. The second-order valence-electron chi connectivity index (χ2n) is 7.95. The highest BCUT2D eigenvalue weighted by Crippen LogP contribution is 2.22. The molecule has 0 bridgehead atoms. The summed E-state index contributed by atoms with van der Waals surface area (Å²) in [5, 5.41) is 0. The van der Waals surface area contributed by atoms with Crippen LogP contribution in [0.2, 0.25) is 0 Å². The molecule has 0 radical (unpaired) electrons. The lowest BCUT2D eigenvalue weighted by atomic mass is 10.1. The molecule has 7 nitrogen and oxygen atoms in total. The summed E-state index contributed by atoms with van der Waals surface area (Å²) in [6.07, 6.45) is 3.71. The molecule has 2 aliphatic heterocycles. The predicted octanol–water partition coefficient (Wildman–Crippen LogP) is 3.14. The van der Waals surface area contributed by atoms with Gasteiger partial charge < -0.3 is 19.4 Å². The third-order valence-corrected chi connectivity index (χ3v) is 5.77. The fraction of sp³-hybridized carbons (Fsp3) is 0.522. The molecule has 0 aliphatic carbocycles. The number of hydrogen-bond acceptors (Lipinski definition) is 6. The highest BCUT2D eigenvalue weighted by Gasteiger charge is 2.24. The van der Waals surface area contributed by atoms with E-state index in [-0.39, 0.29) is 5.91 Å². The SMILES string of the molecule is CCOc1ccc(C(=O)N2CCN(c3cc(C)nc(N4CCCCC4)n3)CC2)cc1. The summed E-state index contributed by atoms with van der Waals surface area (Å²) in [5.41, 5.74) is 1.70. The average Bonchev–Trinajstić information content (AvgIpc) is 2.80. The molecular weight excluding hydrogens is 378 g/mol. The molecule has 0 N–H and O–H groups in total. The smallest absolute Gasteiger partial charge is 0.253 e. The molecular formula is C23H31N5O2. The normalized spacial score (nSPS) is 17.2. The Bertz CT molecular complexity index is 856. The minimum Gasteiger partial charge on any atom is -0.494 e. The second-order valence-corrected chi connectivity index (χ2v) is 7.95. The summed E-state index contributed by atoms with van der Waals surface area (Å²) in [6.45, 7) is 9.61. The van der Waals surface area contributed by atoms with Gasteiger partial charge in [-0.3, -0.25) is 4.79 Å². The van der Waals surface area contributed by atoms with Crippen molar-refractivity contribution in [3.8, 4) is 5.75 Å². The molecule has 0 saturated carbocycles. The van der Waals surface area contributed by atoms with Gasteiger partial charge in [0.25, 0.3) is 5.91 Å². The first-order valence-corrected chi connectivity index (χ1v) is 11.0. The summed E-state index contributed by atoms with van der Waals surface area (Å²) >= 11 is 0. The van der Waals surface area contributed by atoms with E-state index in [4.69, 9.17) is 9.72 Å². The maximum atomic E-state index is 12.9. The van der Waals surface area contributed by atoms with Crippen LogP contribution in [0.1, 0.15) is 42.2 Å². The first-order valence-electron chi connectivity index (χ1n) is 11.0. The quantitative estimate of drug-likeness (QED) is 0.756. The summed E-state index contributed by atoms with van der Waals surface area (Å²) in [6, 6.07) is 9.46. The Morgan fingerprint density at radius 1 is 0.933 bits per heavy atom. The monoisotopic (exact) mass is 409 g/mol. The van der Waals surface area contributed by atoms with E-state index >= 15 is 0 Å². The molecule has 7 heteroatoms. The molecule has 1 aromatic carbocycles. The number of amides is 1. The van der Waals surface area contributed by atoms with Gasteiger partial charge in [0.2, 0.25) is 5.95 Å². The van der Waals surface area contributed by atoms with Crippen molar-refractivity contribution in [3.63, 3.8) is 0 Å². The zero-order valence-electron chi connectivity index (χ0n) is 18.0. The van der Waals surface area contributed by atoms with Crippen LogP contribution in [0.3, 0.4) is 0 Å². The van der Waals surface area contributed by atoms with E-state index in [1.807, 2.05) is 43.0 Å². The maximum absolute atomic E-state index is 12.9. The predicted molar refractivity (Wildman–Crippen MR) is 119 cm³/mol. The summed E-state index contributed by atoms with van der Waals surface area (Å²) in [4.78, 5) is 28.9. The van der Waals surface area contributed by atoms with Crippen LogP contribution in [-0.4, -0.2) is 66.7 Å². The number of carbonyl (C=O) groups excluding carboxylic acids is 1. The van der Waals surface area contributed by atoms with Crippen molar-refractivity contribution >= 4 is 17.7 Å². The van der Waals surface area contributed by atoms with Crippen molar-refractivity contribution in [2.75, 3.05) is 55.7 Å². The van der Waals surface area contributed by atoms with Gasteiger partial charge in [-0.25, -0.2) is 4.98 Å². The van der Waals surface area contributed by atoms with Gasteiger partial charge in [-0.1, -0.05) is 0 Å². The molecule has 0 atom stereocenters. The molecule has 160 valence electrons. The van der Waals surface area contributed by atoms with Gasteiger partial charge >= 0.3 is 0 Å². The number of hydrogen-bond donors (Lipinski definition) is 0. The largest absolute Gasteiger partial charge is 0.494 e. The van der Waals surface area contributed by atoms with Crippen LogP contribution in [0.4, 0.5) is 11.8 Å². The zero-order chi connectivity index (χ0) is 20.9. The van der Waals surface area contributed by atoms with Crippen molar-refractivity contribution < 1.29 is 9.53 Å². The standard InChI is InChI=1S/C23H31N5O2/c1-3-30-20-9-7-19(8-10-20)22(29)27-15-13-26(14-16-27)21-17-18(2)24-23(25-21)28-11-5-4-6-12-28/h7-10,17H,3-6,11-16H2,1-2H3. The van der Waals surface area contributed by atoms with Crippen molar-refractivity contribution in [3.05, 3.63) is 41.6 Å². The highest BCUT2D eigenvalue weighted by atomic mass is 16.5. The van der Waals surface area contributed by atoms with Crippen molar-refractivity contribution in [1.29, 1.82) is 0 Å². The minimum atomic E-state index is 0.0746. The van der Waals surface area contributed by atoms with E-state index in [9.17, 15) is 4.79 Å². The molecule has 2 aromatic rings. The summed E-state index contributed by atoms with van der Waals surface area (Å²) in [7, 11) is 0. The minimum absolute atomic E-state index is 0.0746. The molecule has 4 rings (SSSR count). The first kappa shape index (κ1) is 20.4. The number of rotatable bonds is 5. The highest BCUT2D eigenvalue weighted by molar-refractivity contribution is 5.94. The van der Waals surface area contributed by atoms with Crippen LogP contribution in [-0.2, 0) is 0 Å². The molecule has 2 aliphatic rings. The maximum Gasteiger partial charge on any atom is 0.253 e. The topological polar surface area (TPSA) is 61.8 Å². The summed E-state index contributed by atoms with van der Waals surface area (Å²) < 4.78 is 5.47. The van der Waals surface area contributed by atoms with E-state index in [1.165, 1.54) is 19.3 Å². The molecule has 2 fully saturated rings. The Morgan fingerprint density at radius 3 is 2.30 bits per heavy atom. The van der Waals surface area contributed by atoms with Crippen LogP contribution in [0, 0.1) is 6.92 Å². The van der Waals surface area contributed by atoms with Gasteiger partial charge in [-0.05, 0) is 57.4 Å². The van der Waals surface area contributed by atoms with E-state index < -0.39 is 0 Å².